The summed E-state index contributed by atoms with van der Waals surface area (Å²) in [5.74, 6) is 1.54. The topological polar surface area (TPSA) is 35.2 Å². The normalized spacial score (nSPS) is 10.8. The average molecular weight is 324 g/mol. The van der Waals surface area contributed by atoms with Crippen LogP contribution in [0.2, 0.25) is 10.0 Å². The van der Waals surface area contributed by atoms with Gasteiger partial charge in [-0.3, -0.25) is 0 Å². The summed E-state index contributed by atoms with van der Waals surface area (Å²) in [6.45, 7) is 6.52. The zero-order valence-electron chi connectivity index (χ0n) is 12.5. The predicted molar refractivity (Wildman–Crippen MR) is 89.9 cm³/mol. The lowest BCUT2D eigenvalue weighted by atomic mass is 10.1. The predicted octanol–water partition coefficient (Wildman–Crippen LogP) is 5.21. The van der Waals surface area contributed by atoms with Crippen molar-refractivity contribution in [3.63, 3.8) is 0 Å². The van der Waals surface area contributed by atoms with Crippen molar-refractivity contribution >= 4 is 23.2 Å². The SMILES string of the molecule is Cc1cc(CCN)c(Oc2ccc(Cl)c(C)c2C)cc1Cl. The van der Waals surface area contributed by atoms with Gasteiger partial charge in [-0.15, -0.1) is 0 Å². The standard InChI is InChI=1S/C17H19Cl2NO/c1-10-8-13(6-7-20)17(9-15(10)19)21-16-5-4-14(18)11(2)12(16)3/h4-5,8-9H,6-7,20H2,1-3H3. The van der Waals surface area contributed by atoms with Crippen LogP contribution in [0.25, 0.3) is 0 Å². The molecule has 0 atom stereocenters. The van der Waals surface area contributed by atoms with Gasteiger partial charge in [0, 0.05) is 10.0 Å². The third kappa shape index (κ3) is 3.52. The Bertz CT molecular complexity index is 668. The van der Waals surface area contributed by atoms with E-state index in [-0.39, 0.29) is 0 Å². The van der Waals surface area contributed by atoms with Gasteiger partial charge >= 0.3 is 0 Å². The lowest BCUT2D eigenvalue weighted by Crippen LogP contribution is -2.05. The second-order valence-electron chi connectivity index (χ2n) is 5.15. The maximum absolute atomic E-state index is 6.22. The Balaban J connectivity index is 2.43. The number of ether oxygens (including phenoxy) is 1. The number of nitrogens with two attached hydrogens (primary N) is 1. The molecule has 0 aliphatic rings. The van der Waals surface area contributed by atoms with E-state index in [1.807, 2.05) is 45.0 Å². The Labute approximate surface area is 135 Å². The first-order valence-corrected chi connectivity index (χ1v) is 7.62. The zero-order valence-corrected chi connectivity index (χ0v) is 14.0. The summed E-state index contributed by atoms with van der Waals surface area (Å²) in [7, 11) is 0. The maximum atomic E-state index is 6.22. The summed E-state index contributed by atoms with van der Waals surface area (Å²) in [6.07, 6.45) is 0.749. The molecule has 0 spiro atoms. The second kappa shape index (κ2) is 6.69. The summed E-state index contributed by atoms with van der Waals surface area (Å²) >= 11 is 12.3. The molecule has 2 nitrogen and oxygen atoms in total. The summed E-state index contributed by atoms with van der Waals surface area (Å²) in [5.41, 5.74) is 9.81. The van der Waals surface area contributed by atoms with Gasteiger partial charge in [0.15, 0.2) is 0 Å². The van der Waals surface area contributed by atoms with Crippen molar-refractivity contribution in [1.82, 2.24) is 0 Å². The van der Waals surface area contributed by atoms with E-state index in [0.717, 1.165) is 45.2 Å². The van der Waals surface area contributed by atoms with Crippen molar-refractivity contribution in [2.24, 2.45) is 5.73 Å². The zero-order chi connectivity index (χ0) is 15.6. The van der Waals surface area contributed by atoms with E-state index >= 15 is 0 Å². The molecule has 0 saturated carbocycles. The second-order valence-corrected chi connectivity index (χ2v) is 5.96. The molecule has 2 aromatic rings. The monoisotopic (exact) mass is 323 g/mol. The van der Waals surface area contributed by atoms with E-state index < -0.39 is 0 Å². The van der Waals surface area contributed by atoms with E-state index in [1.54, 1.807) is 0 Å². The highest BCUT2D eigenvalue weighted by Gasteiger charge is 2.11. The largest absolute Gasteiger partial charge is 0.457 e. The molecule has 0 bridgehead atoms. The molecule has 0 heterocycles. The molecule has 4 heteroatoms. The molecule has 0 saturated heterocycles. The van der Waals surface area contributed by atoms with Crippen molar-refractivity contribution in [2.75, 3.05) is 6.54 Å². The number of hydrogen-bond donors (Lipinski definition) is 1. The fourth-order valence-electron chi connectivity index (χ4n) is 2.16. The third-order valence-electron chi connectivity index (χ3n) is 3.65. The summed E-state index contributed by atoms with van der Waals surface area (Å²) in [6, 6.07) is 7.61. The van der Waals surface area contributed by atoms with E-state index in [4.69, 9.17) is 33.7 Å². The lowest BCUT2D eigenvalue weighted by molar-refractivity contribution is 0.472. The molecule has 0 radical (unpaired) electrons. The van der Waals surface area contributed by atoms with E-state index in [0.29, 0.717) is 11.6 Å². The van der Waals surface area contributed by atoms with Crippen LogP contribution in [0.15, 0.2) is 24.3 Å². The van der Waals surface area contributed by atoms with E-state index in [2.05, 4.69) is 0 Å². The Morgan fingerprint density at radius 3 is 2.33 bits per heavy atom. The van der Waals surface area contributed by atoms with Gasteiger partial charge < -0.3 is 10.5 Å². The van der Waals surface area contributed by atoms with Crippen LogP contribution < -0.4 is 10.5 Å². The molecule has 2 rings (SSSR count). The van der Waals surface area contributed by atoms with Crippen LogP contribution in [-0.4, -0.2) is 6.54 Å². The van der Waals surface area contributed by atoms with Crippen LogP contribution in [-0.2, 0) is 6.42 Å². The molecule has 0 aliphatic carbocycles. The highest BCUT2D eigenvalue weighted by atomic mass is 35.5. The fourth-order valence-corrected chi connectivity index (χ4v) is 2.52. The highest BCUT2D eigenvalue weighted by Crippen LogP contribution is 2.34. The minimum absolute atomic E-state index is 0.566. The first kappa shape index (κ1) is 16.2. The van der Waals surface area contributed by atoms with Gasteiger partial charge in [-0.25, -0.2) is 0 Å². The minimum Gasteiger partial charge on any atom is -0.457 e. The van der Waals surface area contributed by atoms with Crippen molar-refractivity contribution in [3.8, 4) is 11.5 Å². The van der Waals surface area contributed by atoms with Crippen molar-refractivity contribution in [2.45, 2.75) is 27.2 Å². The molecular weight excluding hydrogens is 305 g/mol. The highest BCUT2D eigenvalue weighted by molar-refractivity contribution is 6.31. The Kier molecular flexibility index (Phi) is 5.15. The first-order chi connectivity index (χ1) is 9.93. The van der Waals surface area contributed by atoms with E-state index in [9.17, 15) is 0 Å². The van der Waals surface area contributed by atoms with Crippen LogP contribution in [0.3, 0.4) is 0 Å². The molecule has 2 aromatic carbocycles. The molecule has 0 unspecified atom stereocenters. The summed E-state index contributed by atoms with van der Waals surface area (Å²) < 4.78 is 6.07. The van der Waals surface area contributed by atoms with Gasteiger partial charge in [0.25, 0.3) is 0 Å². The molecule has 0 amide bonds. The first-order valence-electron chi connectivity index (χ1n) is 6.86. The van der Waals surface area contributed by atoms with Gasteiger partial charge in [-0.05, 0) is 74.2 Å². The van der Waals surface area contributed by atoms with E-state index in [1.165, 1.54) is 0 Å². The summed E-state index contributed by atoms with van der Waals surface area (Å²) in [4.78, 5) is 0. The molecule has 0 fully saturated rings. The quantitative estimate of drug-likeness (QED) is 0.837. The van der Waals surface area contributed by atoms with Gasteiger partial charge in [0.1, 0.15) is 11.5 Å². The van der Waals surface area contributed by atoms with Crippen LogP contribution >= 0.6 is 23.2 Å². The molecule has 0 aromatic heterocycles. The van der Waals surface area contributed by atoms with Crippen LogP contribution in [0.4, 0.5) is 0 Å². The van der Waals surface area contributed by atoms with Gasteiger partial charge in [-0.2, -0.15) is 0 Å². The maximum Gasteiger partial charge on any atom is 0.132 e. The van der Waals surface area contributed by atoms with Crippen LogP contribution in [0.5, 0.6) is 11.5 Å². The molecule has 0 aliphatic heterocycles. The molecular formula is C17H19Cl2NO. The Morgan fingerprint density at radius 2 is 1.67 bits per heavy atom. The Hall–Kier alpha value is -1.22. The lowest BCUT2D eigenvalue weighted by Gasteiger charge is -2.16. The number of halogens is 2. The smallest absolute Gasteiger partial charge is 0.132 e. The Morgan fingerprint density at radius 1 is 0.952 bits per heavy atom. The van der Waals surface area contributed by atoms with Crippen molar-refractivity contribution in [1.29, 1.82) is 0 Å². The molecule has 112 valence electrons. The van der Waals surface area contributed by atoms with Crippen molar-refractivity contribution in [3.05, 3.63) is 56.6 Å². The third-order valence-corrected chi connectivity index (χ3v) is 4.46. The number of aryl methyl sites for hydroxylation is 1. The number of benzene rings is 2. The van der Waals surface area contributed by atoms with Gasteiger partial charge in [0.05, 0.1) is 0 Å². The van der Waals surface area contributed by atoms with Gasteiger partial charge in [0.2, 0.25) is 0 Å². The fraction of sp³-hybridized carbons (Fsp3) is 0.294. The molecule has 21 heavy (non-hydrogen) atoms. The summed E-state index contributed by atoms with van der Waals surface area (Å²) in [5, 5.41) is 1.43. The van der Waals surface area contributed by atoms with Crippen LogP contribution in [0, 0.1) is 20.8 Å². The van der Waals surface area contributed by atoms with Gasteiger partial charge in [-0.1, -0.05) is 29.3 Å². The minimum atomic E-state index is 0.566. The molecule has 2 N–H and O–H groups in total. The number of rotatable bonds is 4. The number of hydrogen-bond acceptors (Lipinski definition) is 2. The van der Waals surface area contributed by atoms with Crippen LogP contribution in [0.1, 0.15) is 22.3 Å². The van der Waals surface area contributed by atoms with Crippen molar-refractivity contribution < 1.29 is 4.74 Å². The average Bonchev–Trinajstić information content (AvgIpc) is 2.45.